The first kappa shape index (κ1) is 14.8. The molecule has 1 amide bonds. The van der Waals surface area contributed by atoms with Crippen LogP contribution in [-0.4, -0.2) is 19.6 Å². The van der Waals surface area contributed by atoms with Gasteiger partial charge in [0.25, 0.3) is 5.91 Å². The number of hydrogen-bond acceptors (Lipinski definition) is 3. The third kappa shape index (κ3) is 3.51. The molecular weight excluding hydrogens is 271 g/mol. The van der Waals surface area contributed by atoms with Gasteiger partial charge in [0.05, 0.1) is 6.61 Å². The molecule has 2 rings (SSSR count). The molecular formula is C16H17FN2O2. The largest absolute Gasteiger partial charge is 0.494 e. The molecule has 4 nitrogen and oxygen atoms in total. The van der Waals surface area contributed by atoms with E-state index in [4.69, 9.17) is 10.5 Å². The van der Waals surface area contributed by atoms with E-state index in [0.29, 0.717) is 29.3 Å². The lowest BCUT2D eigenvalue weighted by Gasteiger charge is -2.18. The Morgan fingerprint density at radius 1 is 1.29 bits per heavy atom. The zero-order valence-corrected chi connectivity index (χ0v) is 12.0. The molecule has 0 spiro atoms. The number of benzene rings is 2. The number of ether oxygens (including phenoxy) is 1. The number of nitrogens with two attached hydrogens (primary N) is 1. The average molecular weight is 288 g/mol. The van der Waals surface area contributed by atoms with Gasteiger partial charge in [0.2, 0.25) is 0 Å². The molecule has 0 aliphatic carbocycles. The second kappa shape index (κ2) is 6.26. The SMILES string of the molecule is CCOc1cc(N)cc(C(=O)N(C)c2cccc(F)c2)c1. The highest BCUT2D eigenvalue weighted by Gasteiger charge is 2.15. The maximum Gasteiger partial charge on any atom is 0.258 e. The summed E-state index contributed by atoms with van der Waals surface area (Å²) >= 11 is 0. The van der Waals surface area contributed by atoms with Crippen LogP contribution in [0.3, 0.4) is 0 Å². The molecule has 0 heterocycles. The van der Waals surface area contributed by atoms with Crippen molar-refractivity contribution >= 4 is 17.3 Å². The van der Waals surface area contributed by atoms with Crippen molar-refractivity contribution in [1.82, 2.24) is 0 Å². The summed E-state index contributed by atoms with van der Waals surface area (Å²) in [4.78, 5) is 13.8. The zero-order valence-electron chi connectivity index (χ0n) is 12.0. The van der Waals surface area contributed by atoms with Crippen molar-refractivity contribution in [3.63, 3.8) is 0 Å². The van der Waals surface area contributed by atoms with E-state index in [-0.39, 0.29) is 5.91 Å². The minimum absolute atomic E-state index is 0.283. The van der Waals surface area contributed by atoms with E-state index in [1.54, 1.807) is 37.4 Å². The van der Waals surface area contributed by atoms with Crippen molar-refractivity contribution in [2.75, 3.05) is 24.3 Å². The van der Waals surface area contributed by atoms with Gasteiger partial charge in [-0.15, -0.1) is 0 Å². The third-order valence-corrected chi connectivity index (χ3v) is 2.99. The Labute approximate surface area is 122 Å². The van der Waals surface area contributed by atoms with Crippen molar-refractivity contribution in [3.8, 4) is 5.75 Å². The molecule has 0 aliphatic rings. The number of rotatable bonds is 4. The Bertz CT molecular complexity index is 658. The van der Waals surface area contributed by atoms with Crippen LogP contribution in [0.4, 0.5) is 15.8 Å². The molecule has 0 saturated carbocycles. The summed E-state index contributed by atoms with van der Waals surface area (Å²) in [5.74, 6) is -0.142. The molecule has 0 radical (unpaired) electrons. The molecule has 0 atom stereocenters. The number of carbonyl (C=O) groups excluding carboxylic acids is 1. The highest BCUT2D eigenvalue weighted by atomic mass is 19.1. The number of halogens is 1. The predicted molar refractivity (Wildman–Crippen MR) is 81.2 cm³/mol. The fraction of sp³-hybridized carbons (Fsp3) is 0.188. The van der Waals surface area contributed by atoms with Crippen LogP contribution in [0, 0.1) is 5.82 Å². The Hall–Kier alpha value is -2.56. The Balaban J connectivity index is 2.31. The topological polar surface area (TPSA) is 55.6 Å². The lowest BCUT2D eigenvalue weighted by atomic mass is 10.1. The number of hydrogen-bond donors (Lipinski definition) is 1. The lowest BCUT2D eigenvalue weighted by molar-refractivity contribution is 0.0992. The van der Waals surface area contributed by atoms with E-state index in [0.717, 1.165) is 0 Å². The van der Waals surface area contributed by atoms with Crippen molar-refractivity contribution in [3.05, 3.63) is 53.8 Å². The van der Waals surface area contributed by atoms with Crippen molar-refractivity contribution in [1.29, 1.82) is 0 Å². The Morgan fingerprint density at radius 2 is 2.05 bits per heavy atom. The van der Waals surface area contributed by atoms with E-state index in [2.05, 4.69) is 0 Å². The highest BCUT2D eigenvalue weighted by molar-refractivity contribution is 6.06. The smallest absolute Gasteiger partial charge is 0.258 e. The van der Waals surface area contributed by atoms with E-state index in [9.17, 15) is 9.18 Å². The predicted octanol–water partition coefficient (Wildman–Crippen LogP) is 3.08. The minimum atomic E-state index is -0.394. The molecule has 0 bridgehead atoms. The third-order valence-electron chi connectivity index (χ3n) is 2.99. The van der Waals surface area contributed by atoms with Crippen LogP contribution in [0.15, 0.2) is 42.5 Å². The standard InChI is InChI=1S/C16H17FN2O2/c1-3-21-15-8-11(7-13(18)10-15)16(20)19(2)14-6-4-5-12(17)9-14/h4-10H,3,18H2,1-2H3. The maximum absolute atomic E-state index is 13.2. The Kier molecular flexibility index (Phi) is 4.42. The summed E-state index contributed by atoms with van der Waals surface area (Å²) in [5.41, 5.74) is 7.09. The van der Waals surface area contributed by atoms with E-state index < -0.39 is 5.82 Å². The number of anilines is 2. The summed E-state index contributed by atoms with van der Waals surface area (Å²) in [7, 11) is 1.58. The molecule has 0 unspecified atom stereocenters. The first-order valence-electron chi connectivity index (χ1n) is 6.58. The lowest BCUT2D eigenvalue weighted by Crippen LogP contribution is -2.26. The van der Waals surface area contributed by atoms with Crippen LogP contribution in [0.5, 0.6) is 5.75 Å². The van der Waals surface area contributed by atoms with E-state index >= 15 is 0 Å². The van der Waals surface area contributed by atoms with Gasteiger partial charge in [-0.2, -0.15) is 0 Å². The van der Waals surface area contributed by atoms with Gasteiger partial charge in [-0.3, -0.25) is 4.79 Å². The van der Waals surface area contributed by atoms with E-state index in [1.165, 1.54) is 17.0 Å². The number of nitrogen functional groups attached to an aromatic ring is 1. The van der Waals surface area contributed by atoms with Gasteiger partial charge in [0, 0.05) is 30.1 Å². The average Bonchev–Trinajstić information content (AvgIpc) is 2.45. The number of amides is 1. The van der Waals surface area contributed by atoms with Crippen LogP contribution in [0.1, 0.15) is 17.3 Å². The van der Waals surface area contributed by atoms with Crippen LogP contribution in [0.25, 0.3) is 0 Å². The van der Waals surface area contributed by atoms with Gasteiger partial charge in [-0.25, -0.2) is 4.39 Å². The molecule has 0 aromatic heterocycles. The fourth-order valence-corrected chi connectivity index (χ4v) is 1.99. The molecule has 0 fully saturated rings. The van der Waals surface area contributed by atoms with Crippen LogP contribution in [-0.2, 0) is 0 Å². The van der Waals surface area contributed by atoms with Gasteiger partial charge in [-0.1, -0.05) is 6.07 Å². The first-order chi connectivity index (χ1) is 10.0. The zero-order chi connectivity index (χ0) is 15.4. The summed E-state index contributed by atoms with van der Waals surface area (Å²) < 4.78 is 18.6. The Morgan fingerprint density at radius 3 is 2.71 bits per heavy atom. The maximum atomic E-state index is 13.2. The van der Waals surface area contributed by atoms with Gasteiger partial charge in [0.15, 0.2) is 0 Å². The molecule has 110 valence electrons. The normalized spacial score (nSPS) is 10.2. The quantitative estimate of drug-likeness (QED) is 0.880. The summed E-state index contributed by atoms with van der Waals surface area (Å²) in [6.45, 7) is 2.33. The summed E-state index contributed by atoms with van der Waals surface area (Å²) in [5, 5.41) is 0. The molecule has 2 aromatic carbocycles. The minimum Gasteiger partial charge on any atom is -0.494 e. The highest BCUT2D eigenvalue weighted by Crippen LogP contribution is 2.22. The fourth-order valence-electron chi connectivity index (χ4n) is 1.99. The molecule has 2 aromatic rings. The number of nitrogens with zero attached hydrogens (tertiary/aromatic N) is 1. The first-order valence-corrected chi connectivity index (χ1v) is 6.58. The summed E-state index contributed by atoms with van der Waals surface area (Å²) in [6, 6.07) is 10.7. The van der Waals surface area contributed by atoms with Crippen molar-refractivity contribution in [2.24, 2.45) is 0 Å². The molecule has 0 saturated heterocycles. The van der Waals surface area contributed by atoms with E-state index in [1.807, 2.05) is 6.92 Å². The molecule has 5 heteroatoms. The van der Waals surface area contributed by atoms with Crippen LogP contribution < -0.4 is 15.4 Å². The second-order valence-corrected chi connectivity index (χ2v) is 4.57. The van der Waals surface area contributed by atoms with Crippen LogP contribution in [0.2, 0.25) is 0 Å². The summed E-state index contributed by atoms with van der Waals surface area (Å²) in [6.07, 6.45) is 0. The van der Waals surface area contributed by atoms with Gasteiger partial charge >= 0.3 is 0 Å². The number of carbonyl (C=O) groups is 1. The van der Waals surface area contributed by atoms with Crippen molar-refractivity contribution in [2.45, 2.75) is 6.92 Å². The molecule has 2 N–H and O–H groups in total. The monoisotopic (exact) mass is 288 g/mol. The van der Waals surface area contributed by atoms with Crippen LogP contribution >= 0.6 is 0 Å². The van der Waals surface area contributed by atoms with Gasteiger partial charge in [0.1, 0.15) is 11.6 Å². The second-order valence-electron chi connectivity index (χ2n) is 4.57. The van der Waals surface area contributed by atoms with Gasteiger partial charge < -0.3 is 15.4 Å². The molecule has 0 aliphatic heterocycles. The van der Waals surface area contributed by atoms with Gasteiger partial charge in [-0.05, 0) is 37.3 Å². The van der Waals surface area contributed by atoms with Crippen molar-refractivity contribution < 1.29 is 13.9 Å². The molecule has 21 heavy (non-hydrogen) atoms.